The van der Waals surface area contributed by atoms with Crippen molar-refractivity contribution in [1.82, 2.24) is 4.90 Å². The van der Waals surface area contributed by atoms with E-state index in [4.69, 9.17) is 9.41 Å². The Morgan fingerprint density at radius 1 is 1.19 bits per heavy atom. The molecule has 2 heterocycles. The molecule has 0 saturated carbocycles. The SMILES string of the molecule is CCc1ccccc1N=C1S/C(=C/c2ccc(-c3cc([N+](=O)[O-])ccc3C)o2)C(=O)N1C. The molecule has 0 aliphatic carbocycles. The molecule has 1 saturated heterocycles. The van der Waals surface area contributed by atoms with E-state index in [1.54, 1.807) is 31.3 Å². The average Bonchev–Trinajstić information content (AvgIpc) is 3.35. The molecular formula is C24H21N3O4S. The van der Waals surface area contributed by atoms with Gasteiger partial charge in [0.05, 0.1) is 15.5 Å². The van der Waals surface area contributed by atoms with Gasteiger partial charge in [-0.15, -0.1) is 0 Å². The molecule has 1 fully saturated rings. The summed E-state index contributed by atoms with van der Waals surface area (Å²) in [6.45, 7) is 3.93. The minimum atomic E-state index is -0.435. The molecule has 3 aromatic rings. The van der Waals surface area contributed by atoms with Gasteiger partial charge < -0.3 is 4.42 Å². The molecule has 1 aliphatic rings. The van der Waals surface area contributed by atoms with Crippen molar-refractivity contribution in [1.29, 1.82) is 0 Å². The Balaban J connectivity index is 1.63. The maximum Gasteiger partial charge on any atom is 0.270 e. The number of furan rings is 1. The van der Waals surface area contributed by atoms with E-state index < -0.39 is 4.92 Å². The third-order valence-electron chi connectivity index (χ3n) is 5.19. The van der Waals surface area contributed by atoms with Crippen LogP contribution in [0.1, 0.15) is 23.8 Å². The monoisotopic (exact) mass is 447 g/mol. The summed E-state index contributed by atoms with van der Waals surface area (Å²) in [7, 11) is 1.70. The number of hydrogen-bond donors (Lipinski definition) is 0. The first-order chi connectivity index (χ1) is 15.4. The third kappa shape index (κ3) is 4.22. The Morgan fingerprint density at radius 2 is 1.97 bits per heavy atom. The number of non-ortho nitro benzene ring substituents is 1. The number of likely N-dealkylation sites (N-methyl/N-ethyl adjacent to an activating group) is 1. The number of thioether (sulfide) groups is 1. The summed E-state index contributed by atoms with van der Waals surface area (Å²) in [5, 5.41) is 11.7. The van der Waals surface area contributed by atoms with Crippen molar-refractivity contribution in [3.05, 3.63) is 86.5 Å². The van der Waals surface area contributed by atoms with E-state index in [0.29, 0.717) is 27.2 Å². The molecule has 2 aromatic carbocycles. The Morgan fingerprint density at radius 3 is 2.72 bits per heavy atom. The number of aliphatic imine (C=N–C) groups is 1. The number of amides is 1. The molecule has 0 spiro atoms. The lowest BCUT2D eigenvalue weighted by Crippen LogP contribution is -2.23. The Hall–Kier alpha value is -3.65. The summed E-state index contributed by atoms with van der Waals surface area (Å²) in [4.78, 5) is 30.1. The van der Waals surface area contributed by atoms with Crippen LogP contribution < -0.4 is 0 Å². The summed E-state index contributed by atoms with van der Waals surface area (Å²) >= 11 is 1.29. The second-order valence-corrected chi connectivity index (χ2v) is 8.32. The lowest BCUT2D eigenvalue weighted by atomic mass is 10.1. The lowest BCUT2D eigenvalue weighted by Gasteiger charge is -2.08. The highest BCUT2D eigenvalue weighted by atomic mass is 32.2. The van der Waals surface area contributed by atoms with E-state index in [0.717, 1.165) is 23.2 Å². The van der Waals surface area contributed by atoms with Crippen molar-refractivity contribution >= 4 is 40.3 Å². The van der Waals surface area contributed by atoms with Crippen LogP contribution in [0.2, 0.25) is 0 Å². The van der Waals surface area contributed by atoms with Gasteiger partial charge in [-0.25, -0.2) is 4.99 Å². The van der Waals surface area contributed by atoms with Gasteiger partial charge in [0, 0.05) is 30.8 Å². The first kappa shape index (κ1) is 21.6. The molecule has 0 atom stereocenters. The highest BCUT2D eigenvalue weighted by Gasteiger charge is 2.31. The van der Waals surface area contributed by atoms with E-state index in [2.05, 4.69) is 6.92 Å². The molecule has 7 nitrogen and oxygen atoms in total. The van der Waals surface area contributed by atoms with Gasteiger partial charge in [-0.3, -0.25) is 19.8 Å². The van der Waals surface area contributed by atoms with E-state index in [1.807, 2.05) is 31.2 Å². The zero-order valence-electron chi connectivity index (χ0n) is 17.9. The number of para-hydroxylation sites is 1. The van der Waals surface area contributed by atoms with Crippen LogP contribution in [0, 0.1) is 17.0 Å². The van der Waals surface area contributed by atoms with Crippen LogP contribution in [0.4, 0.5) is 11.4 Å². The maximum atomic E-state index is 12.8. The lowest BCUT2D eigenvalue weighted by molar-refractivity contribution is -0.384. The molecule has 0 radical (unpaired) electrons. The number of nitrogens with zero attached hydrogens (tertiary/aromatic N) is 3. The van der Waals surface area contributed by atoms with Gasteiger partial charge >= 0.3 is 0 Å². The molecule has 32 heavy (non-hydrogen) atoms. The van der Waals surface area contributed by atoms with Gasteiger partial charge in [0.2, 0.25) is 0 Å². The van der Waals surface area contributed by atoms with Crippen molar-refractivity contribution in [2.75, 3.05) is 7.05 Å². The second-order valence-electron chi connectivity index (χ2n) is 7.31. The second kappa shape index (κ2) is 8.84. The summed E-state index contributed by atoms with van der Waals surface area (Å²) in [5.74, 6) is 0.838. The van der Waals surface area contributed by atoms with Crippen LogP contribution in [-0.4, -0.2) is 27.9 Å². The molecule has 1 aliphatic heterocycles. The number of carbonyl (C=O) groups excluding carboxylic acids is 1. The number of nitro groups is 1. The quantitative estimate of drug-likeness (QED) is 0.273. The molecule has 162 valence electrons. The summed E-state index contributed by atoms with van der Waals surface area (Å²) in [6, 6.07) is 16.0. The minimum absolute atomic E-state index is 0.00160. The molecule has 4 rings (SSSR count). The summed E-state index contributed by atoms with van der Waals surface area (Å²) in [5.41, 5.74) is 3.46. The first-order valence-corrected chi connectivity index (χ1v) is 10.9. The molecule has 8 heteroatoms. The van der Waals surface area contributed by atoms with Crippen molar-refractivity contribution < 1.29 is 14.1 Å². The zero-order valence-corrected chi connectivity index (χ0v) is 18.7. The largest absolute Gasteiger partial charge is 0.457 e. The van der Waals surface area contributed by atoms with E-state index in [9.17, 15) is 14.9 Å². The fourth-order valence-corrected chi connectivity index (χ4v) is 4.33. The van der Waals surface area contributed by atoms with Crippen molar-refractivity contribution in [3.63, 3.8) is 0 Å². The Labute approximate surface area is 189 Å². The summed E-state index contributed by atoms with van der Waals surface area (Å²) in [6.07, 6.45) is 2.53. The van der Waals surface area contributed by atoms with Crippen molar-refractivity contribution in [2.24, 2.45) is 4.99 Å². The number of benzene rings is 2. The topological polar surface area (TPSA) is 89.0 Å². The van der Waals surface area contributed by atoms with E-state index in [1.165, 1.54) is 28.8 Å². The number of carbonyl (C=O) groups is 1. The van der Waals surface area contributed by atoms with Crippen molar-refractivity contribution in [3.8, 4) is 11.3 Å². The van der Waals surface area contributed by atoms with Crippen molar-refractivity contribution in [2.45, 2.75) is 20.3 Å². The average molecular weight is 448 g/mol. The molecule has 0 bridgehead atoms. The molecule has 0 N–H and O–H groups in total. The van der Waals surface area contributed by atoms with Gasteiger partial charge in [-0.1, -0.05) is 31.2 Å². The standard InChI is InChI=1S/C24H21N3O4S/c1-4-16-7-5-6-8-20(16)25-24-26(3)23(28)22(32-24)14-18-11-12-21(31-18)19-13-17(27(29)30)10-9-15(19)2/h5-14H,4H2,1-3H3/b22-14+,25-24?. The van der Waals surface area contributed by atoms with Gasteiger partial charge in [0.25, 0.3) is 11.6 Å². The minimum Gasteiger partial charge on any atom is -0.457 e. The first-order valence-electron chi connectivity index (χ1n) is 10.1. The fourth-order valence-electron chi connectivity index (χ4n) is 3.37. The van der Waals surface area contributed by atoms with Crippen LogP contribution in [0.15, 0.2) is 68.9 Å². The molecule has 1 aromatic heterocycles. The zero-order chi connectivity index (χ0) is 22.8. The number of rotatable bonds is 5. The van der Waals surface area contributed by atoms with Gasteiger partial charge in [-0.2, -0.15) is 0 Å². The Bertz CT molecular complexity index is 1280. The number of aryl methyl sites for hydroxylation is 2. The predicted molar refractivity (Wildman–Crippen MR) is 127 cm³/mol. The maximum absolute atomic E-state index is 12.8. The highest BCUT2D eigenvalue weighted by Crippen LogP contribution is 2.35. The van der Waals surface area contributed by atoms with Crippen LogP contribution in [0.25, 0.3) is 17.4 Å². The predicted octanol–water partition coefficient (Wildman–Crippen LogP) is 5.96. The number of hydrogen-bond acceptors (Lipinski definition) is 6. The van der Waals surface area contributed by atoms with Crippen LogP contribution in [0.5, 0.6) is 0 Å². The normalized spacial score (nSPS) is 16.3. The number of nitro benzene ring substituents is 1. The van der Waals surface area contributed by atoms with Gasteiger partial charge in [0.15, 0.2) is 5.17 Å². The van der Waals surface area contributed by atoms with Gasteiger partial charge in [0.1, 0.15) is 11.5 Å². The van der Waals surface area contributed by atoms with Crippen LogP contribution in [-0.2, 0) is 11.2 Å². The van der Waals surface area contributed by atoms with Gasteiger partial charge in [-0.05, 0) is 54.4 Å². The highest BCUT2D eigenvalue weighted by molar-refractivity contribution is 8.18. The van der Waals surface area contributed by atoms with Crippen LogP contribution >= 0.6 is 11.8 Å². The third-order valence-corrected chi connectivity index (χ3v) is 6.25. The smallest absolute Gasteiger partial charge is 0.270 e. The fraction of sp³-hybridized carbons (Fsp3) is 0.167. The summed E-state index contributed by atoms with van der Waals surface area (Å²) < 4.78 is 5.90. The Kier molecular flexibility index (Phi) is 5.96. The molecular weight excluding hydrogens is 426 g/mol. The van der Waals surface area contributed by atoms with Crippen LogP contribution in [0.3, 0.4) is 0 Å². The van der Waals surface area contributed by atoms with E-state index in [-0.39, 0.29) is 11.6 Å². The molecule has 0 unspecified atom stereocenters. The number of amidine groups is 1. The van der Waals surface area contributed by atoms with E-state index >= 15 is 0 Å². The molecule has 1 amide bonds.